The van der Waals surface area contributed by atoms with Crippen molar-refractivity contribution < 1.29 is 13.2 Å². The number of aromatic nitrogens is 1. The highest BCUT2D eigenvalue weighted by Crippen LogP contribution is 2.49. The summed E-state index contributed by atoms with van der Waals surface area (Å²) in [5.41, 5.74) is 0.780. The smallest absolute Gasteiger partial charge is 0.256 e. The predicted molar refractivity (Wildman–Crippen MR) is 108 cm³/mol. The van der Waals surface area contributed by atoms with Crippen LogP contribution in [0, 0.1) is 0 Å². The van der Waals surface area contributed by atoms with E-state index in [1.54, 1.807) is 18.3 Å². The molecule has 6 rings (SSSR count). The van der Waals surface area contributed by atoms with Crippen LogP contribution in [0.4, 0.5) is 0 Å². The fourth-order valence-corrected chi connectivity index (χ4v) is 5.87. The average Bonchev–Trinajstić information content (AvgIpc) is 2.70. The van der Waals surface area contributed by atoms with Crippen LogP contribution in [0.5, 0.6) is 11.6 Å². The first-order valence-electron chi connectivity index (χ1n) is 9.45. The third kappa shape index (κ3) is 2.97. The minimum absolute atomic E-state index is 0.115. The van der Waals surface area contributed by atoms with Crippen LogP contribution in [0.3, 0.4) is 0 Å². The monoisotopic (exact) mass is 417 g/mol. The Kier molecular flexibility index (Phi) is 4.14. The molecule has 4 heterocycles. The van der Waals surface area contributed by atoms with Crippen LogP contribution >= 0.6 is 11.6 Å². The van der Waals surface area contributed by atoms with Gasteiger partial charge in [0, 0.05) is 24.8 Å². The summed E-state index contributed by atoms with van der Waals surface area (Å²) in [7, 11) is -3.37. The largest absolute Gasteiger partial charge is 0.439 e. The first-order chi connectivity index (χ1) is 13.5. The summed E-state index contributed by atoms with van der Waals surface area (Å²) < 4.78 is 34.4. The molecule has 1 aromatic carbocycles. The van der Waals surface area contributed by atoms with Crippen LogP contribution in [0.1, 0.15) is 31.2 Å². The van der Waals surface area contributed by atoms with Gasteiger partial charge in [0.25, 0.3) is 10.0 Å². The van der Waals surface area contributed by atoms with Crippen LogP contribution in [0.2, 0.25) is 5.02 Å². The van der Waals surface area contributed by atoms with Gasteiger partial charge >= 0.3 is 0 Å². The van der Waals surface area contributed by atoms with Crippen molar-refractivity contribution in [3.05, 3.63) is 53.2 Å². The molecule has 8 heteroatoms. The molecule has 0 radical (unpaired) electrons. The number of rotatable bonds is 3. The Morgan fingerprint density at radius 3 is 2.54 bits per heavy atom. The fourth-order valence-electron chi connectivity index (χ4n) is 4.70. The molecule has 2 aromatic rings. The Balaban J connectivity index is 1.47. The molecule has 2 bridgehead atoms. The zero-order chi connectivity index (χ0) is 19.4. The van der Waals surface area contributed by atoms with Gasteiger partial charge in [-0.05, 0) is 49.4 Å². The minimum atomic E-state index is -3.37. The zero-order valence-electron chi connectivity index (χ0n) is 15.2. The van der Waals surface area contributed by atoms with Crippen molar-refractivity contribution in [3.63, 3.8) is 0 Å². The standard InChI is InChI=1S/C20H20ClN3O3S/c21-15-3-6-18(22-13-15)27-17-4-1-14(2-5-17)20-9-7-16(8-10-20)24-11-12-28(25,26)23-19(20)24/h1-6,13,16H,7-12H2. The van der Waals surface area contributed by atoms with Gasteiger partial charge < -0.3 is 9.64 Å². The number of pyridine rings is 1. The highest BCUT2D eigenvalue weighted by atomic mass is 35.5. The van der Waals surface area contributed by atoms with Gasteiger partial charge in [-0.1, -0.05) is 23.7 Å². The highest BCUT2D eigenvalue weighted by molar-refractivity contribution is 7.90. The summed E-state index contributed by atoms with van der Waals surface area (Å²) in [5.74, 6) is 2.01. The van der Waals surface area contributed by atoms with E-state index in [-0.39, 0.29) is 11.2 Å². The molecule has 6 nitrogen and oxygen atoms in total. The van der Waals surface area contributed by atoms with E-state index in [4.69, 9.17) is 16.3 Å². The van der Waals surface area contributed by atoms with Crippen molar-refractivity contribution in [2.75, 3.05) is 12.3 Å². The van der Waals surface area contributed by atoms with E-state index in [1.807, 2.05) is 24.3 Å². The van der Waals surface area contributed by atoms with E-state index >= 15 is 0 Å². The van der Waals surface area contributed by atoms with Gasteiger partial charge in [-0.25, -0.2) is 13.4 Å². The number of halogens is 1. The molecule has 1 aromatic heterocycles. The van der Waals surface area contributed by atoms with Gasteiger partial charge in [-0.3, -0.25) is 0 Å². The van der Waals surface area contributed by atoms with Gasteiger partial charge in [0.1, 0.15) is 11.6 Å². The van der Waals surface area contributed by atoms with Gasteiger partial charge in [-0.2, -0.15) is 0 Å². The summed E-state index contributed by atoms with van der Waals surface area (Å²) in [4.78, 5) is 6.38. The van der Waals surface area contributed by atoms with Crippen molar-refractivity contribution in [1.82, 2.24) is 9.88 Å². The maximum atomic E-state index is 12.2. The quantitative estimate of drug-likeness (QED) is 0.760. The van der Waals surface area contributed by atoms with E-state index in [9.17, 15) is 8.42 Å². The molecule has 0 unspecified atom stereocenters. The number of amidine groups is 1. The van der Waals surface area contributed by atoms with E-state index in [0.29, 0.717) is 29.2 Å². The fraction of sp³-hybridized carbons (Fsp3) is 0.400. The lowest BCUT2D eigenvalue weighted by Crippen LogP contribution is -2.62. The van der Waals surface area contributed by atoms with Crippen LogP contribution in [-0.4, -0.2) is 42.5 Å². The molecule has 1 saturated carbocycles. The van der Waals surface area contributed by atoms with Crippen LogP contribution in [0.25, 0.3) is 0 Å². The number of nitrogens with zero attached hydrogens (tertiary/aromatic N) is 3. The maximum Gasteiger partial charge on any atom is 0.256 e. The van der Waals surface area contributed by atoms with Crippen LogP contribution < -0.4 is 4.74 Å². The van der Waals surface area contributed by atoms with Crippen LogP contribution in [0.15, 0.2) is 47.0 Å². The van der Waals surface area contributed by atoms with Crippen LogP contribution in [-0.2, 0) is 15.4 Å². The molecule has 146 valence electrons. The Morgan fingerprint density at radius 1 is 1.11 bits per heavy atom. The zero-order valence-corrected chi connectivity index (χ0v) is 16.8. The Morgan fingerprint density at radius 2 is 1.86 bits per heavy atom. The van der Waals surface area contributed by atoms with Gasteiger partial charge in [0.05, 0.1) is 16.2 Å². The minimum Gasteiger partial charge on any atom is -0.439 e. The summed E-state index contributed by atoms with van der Waals surface area (Å²) in [6, 6.07) is 11.7. The van der Waals surface area contributed by atoms with Crippen molar-refractivity contribution in [1.29, 1.82) is 0 Å². The lowest BCUT2D eigenvalue weighted by molar-refractivity contribution is 0.151. The van der Waals surface area contributed by atoms with E-state index < -0.39 is 10.0 Å². The van der Waals surface area contributed by atoms with E-state index in [1.165, 1.54) is 0 Å². The molecule has 3 aliphatic heterocycles. The van der Waals surface area contributed by atoms with Crippen molar-refractivity contribution >= 4 is 27.5 Å². The van der Waals surface area contributed by atoms with Gasteiger partial charge in [-0.15, -0.1) is 4.40 Å². The topological polar surface area (TPSA) is 71.9 Å². The second kappa shape index (κ2) is 6.46. The SMILES string of the molecule is O=S1(=O)CCN2C(=N1)C1(c3ccc(Oc4ccc(Cl)cn4)cc3)CCC2CC1. The number of hydrogen-bond donors (Lipinski definition) is 0. The summed E-state index contributed by atoms with van der Waals surface area (Å²) in [5, 5.41) is 0.558. The number of benzene rings is 1. The molecule has 4 aliphatic rings. The predicted octanol–water partition coefficient (Wildman–Crippen LogP) is 3.77. The third-order valence-corrected chi connectivity index (χ3v) is 7.47. The molecule has 2 saturated heterocycles. The number of fused-ring (bicyclic) bond motifs is 2. The summed E-state index contributed by atoms with van der Waals surface area (Å²) in [6.45, 7) is 0.553. The van der Waals surface area contributed by atoms with Crippen molar-refractivity contribution in [3.8, 4) is 11.6 Å². The van der Waals surface area contributed by atoms with Gasteiger partial charge in [0.2, 0.25) is 5.88 Å². The molecule has 3 fully saturated rings. The number of ether oxygens (including phenoxy) is 1. The molecule has 1 aliphatic carbocycles. The Hall–Kier alpha value is -2.12. The number of hydrogen-bond acceptors (Lipinski definition) is 5. The molecule has 0 amide bonds. The molecule has 0 spiro atoms. The second-order valence-corrected chi connectivity index (χ2v) is 9.84. The van der Waals surface area contributed by atoms with Gasteiger partial charge in [0.15, 0.2) is 0 Å². The van der Waals surface area contributed by atoms with Crippen molar-refractivity contribution in [2.24, 2.45) is 4.40 Å². The average molecular weight is 418 g/mol. The highest BCUT2D eigenvalue weighted by Gasteiger charge is 2.52. The third-order valence-electron chi connectivity index (χ3n) is 6.09. The summed E-state index contributed by atoms with van der Waals surface area (Å²) >= 11 is 5.86. The number of piperidine rings is 2. The summed E-state index contributed by atoms with van der Waals surface area (Å²) in [6.07, 6.45) is 5.56. The lowest BCUT2D eigenvalue weighted by atomic mass is 9.63. The Bertz CT molecular complexity index is 1030. The van der Waals surface area contributed by atoms with E-state index in [0.717, 1.165) is 37.1 Å². The van der Waals surface area contributed by atoms with E-state index in [2.05, 4.69) is 14.3 Å². The first-order valence-corrected chi connectivity index (χ1v) is 11.4. The molecular weight excluding hydrogens is 398 g/mol. The number of sulfonamides is 1. The maximum absolute atomic E-state index is 12.2. The molecule has 0 N–H and O–H groups in total. The van der Waals surface area contributed by atoms with Crippen molar-refractivity contribution in [2.45, 2.75) is 37.1 Å². The molecular formula is C20H20ClN3O3S. The lowest BCUT2D eigenvalue weighted by Gasteiger charge is -2.55. The first kappa shape index (κ1) is 17.9. The second-order valence-electron chi connectivity index (χ2n) is 7.65. The normalized spacial score (nSPS) is 27.8. The molecule has 0 atom stereocenters. The Labute approximate surface area is 169 Å². The molecule has 28 heavy (non-hydrogen) atoms.